The van der Waals surface area contributed by atoms with E-state index in [2.05, 4.69) is 27.2 Å². The molecule has 2 fully saturated rings. The molecule has 138 valence electrons. The molecule has 25 heavy (non-hydrogen) atoms. The number of rotatable bonds is 5. The number of anilines is 2. The van der Waals surface area contributed by atoms with Crippen LogP contribution in [0.15, 0.2) is 24.3 Å². The SMILES string of the molecule is CC(C(=O)Nc1ccc(N2CCCCC2)cc1)N1CCC(CO)CC1. The molecular formula is C20H31N3O2. The molecule has 2 heterocycles. The van der Waals surface area contributed by atoms with Crippen LogP contribution in [0.5, 0.6) is 0 Å². The van der Waals surface area contributed by atoms with Gasteiger partial charge in [-0.25, -0.2) is 0 Å². The Kier molecular flexibility index (Phi) is 6.32. The summed E-state index contributed by atoms with van der Waals surface area (Å²) in [5, 5.41) is 12.3. The van der Waals surface area contributed by atoms with Gasteiger partial charge in [0.2, 0.25) is 5.91 Å². The third-order valence-corrected chi connectivity index (χ3v) is 5.69. The number of benzene rings is 1. The van der Waals surface area contributed by atoms with Crippen molar-refractivity contribution in [1.82, 2.24) is 4.90 Å². The van der Waals surface area contributed by atoms with Gasteiger partial charge in [0.1, 0.15) is 0 Å². The van der Waals surface area contributed by atoms with E-state index in [9.17, 15) is 9.90 Å². The first-order valence-electron chi connectivity index (χ1n) is 9.68. The van der Waals surface area contributed by atoms with Crippen molar-refractivity contribution in [2.24, 2.45) is 5.92 Å². The maximum atomic E-state index is 12.5. The summed E-state index contributed by atoms with van der Waals surface area (Å²) in [6.45, 7) is 6.26. The molecule has 0 radical (unpaired) electrons. The van der Waals surface area contributed by atoms with E-state index in [1.807, 2.05) is 19.1 Å². The van der Waals surface area contributed by atoms with E-state index in [1.54, 1.807) is 0 Å². The Labute approximate surface area is 151 Å². The molecule has 5 heteroatoms. The van der Waals surface area contributed by atoms with E-state index >= 15 is 0 Å². The first kappa shape index (κ1) is 18.2. The van der Waals surface area contributed by atoms with E-state index in [0.717, 1.165) is 44.7 Å². The number of hydrogen-bond donors (Lipinski definition) is 2. The minimum atomic E-state index is -0.138. The fraction of sp³-hybridized carbons (Fsp3) is 0.650. The van der Waals surface area contributed by atoms with Crippen LogP contribution in [-0.2, 0) is 4.79 Å². The van der Waals surface area contributed by atoms with Gasteiger partial charge in [0, 0.05) is 31.1 Å². The van der Waals surface area contributed by atoms with Crippen LogP contribution >= 0.6 is 0 Å². The molecule has 2 aliphatic rings. The Hall–Kier alpha value is -1.59. The number of piperidine rings is 2. The van der Waals surface area contributed by atoms with Crippen LogP contribution < -0.4 is 10.2 Å². The van der Waals surface area contributed by atoms with Crippen LogP contribution in [0.25, 0.3) is 0 Å². The van der Waals surface area contributed by atoms with Gasteiger partial charge in [-0.1, -0.05) is 0 Å². The molecule has 1 atom stereocenters. The van der Waals surface area contributed by atoms with Crippen molar-refractivity contribution in [2.75, 3.05) is 43.0 Å². The average molecular weight is 345 g/mol. The second-order valence-corrected chi connectivity index (χ2v) is 7.42. The highest BCUT2D eigenvalue weighted by molar-refractivity contribution is 5.94. The summed E-state index contributed by atoms with van der Waals surface area (Å²) in [6, 6.07) is 8.09. The van der Waals surface area contributed by atoms with Crippen LogP contribution in [0.1, 0.15) is 39.0 Å². The Morgan fingerprint density at radius 2 is 1.76 bits per heavy atom. The number of nitrogens with one attached hydrogen (secondary N) is 1. The van der Waals surface area contributed by atoms with Crippen molar-refractivity contribution in [3.63, 3.8) is 0 Å². The first-order valence-corrected chi connectivity index (χ1v) is 9.68. The summed E-state index contributed by atoms with van der Waals surface area (Å²) in [6.07, 6.45) is 5.81. The molecule has 5 nitrogen and oxygen atoms in total. The number of amides is 1. The van der Waals surface area contributed by atoms with E-state index in [1.165, 1.54) is 24.9 Å². The molecule has 2 N–H and O–H groups in total. The van der Waals surface area contributed by atoms with E-state index in [4.69, 9.17) is 0 Å². The molecule has 3 rings (SSSR count). The molecule has 1 aromatic carbocycles. The number of nitrogens with zero attached hydrogens (tertiary/aromatic N) is 2. The lowest BCUT2D eigenvalue weighted by molar-refractivity contribution is -0.121. The summed E-state index contributed by atoms with van der Waals surface area (Å²) < 4.78 is 0. The van der Waals surface area contributed by atoms with E-state index in [0.29, 0.717) is 5.92 Å². The topological polar surface area (TPSA) is 55.8 Å². The van der Waals surface area contributed by atoms with Crippen molar-refractivity contribution < 1.29 is 9.90 Å². The smallest absolute Gasteiger partial charge is 0.241 e. The third kappa shape index (κ3) is 4.73. The minimum Gasteiger partial charge on any atom is -0.396 e. The number of hydrogen-bond acceptors (Lipinski definition) is 4. The van der Waals surface area contributed by atoms with Gasteiger partial charge in [-0.05, 0) is 82.3 Å². The second kappa shape index (κ2) is 8.68. The molecule has 0 aliphatic carbocycles. The lowest BCUT2D eigenvalue weighted by Crippen LogP contribution is -2.46. The Bertz CT molecular complexity index is 547. The highest BCUT2D eigenvalue weighted by Gasteiger charge is 2.26. The van der Waals surface area contributed by atoms with Crippen molar-refractivity contribution in [3.05, 3.63) is 24.3 Å². The molecule has 0 spiro atoms. The van der Waals surface area contributed by atoms with Crippen LogP contribution in [0.4, 0.5) is 11.4 Å². The number of aliphatic hydroxyl groups is 1. The highest BCUT2D eigenvalue weighted by atomic mass is 16.3. The van der Waals surface area contributed by atoms with Crippen molar-refractivity contribution in [1.29, 1.82) is 0 Å². The number of carbonyl (C=O) groups excluding carboxylic acids is 1. The maximum absolute atomic E-state index is 12.5. The summed E-state index contributed by atoms with van der Waals surface area (Å²) in [5.41, 5.74) is 2.11. The van der Waals surface area contributed by atoms with Gasteiger partial charge in [-0.15, -0.1) is 0 Å². The lowest BCUT2D eigenvalue weighted by atomic mass is 9.97. The predicted molar refractivity (Wildman–Crippen MR) is 102 cm³/mol. The molecule has 2 saturated heterocycles. The van der Waals surface area contributed by atoms with E-state index < -0.39 is 0 Å². The van der Waals surface area contributed by atoms with Gasteiger partial charge in [-0.3, -0.25) is 9.69 Å². The summed E-state index contributed by atoms with van der Waals surface area (Å²) >= 11 is 0. The van der Waals surface area contributed by atoms with Gasteiger partial charge >= 0.3 is 0 Å². The molecule has 1 amide bonds. The first-order chi connectivity index (χ1) is 12.2. The predicted octanol–water partition coefficient (Wildman–Crippen LogP) is 2.71. The van der Waals surface area contributed by atoms with Gasteiger partial charge in [0.15, 0.2) is 0 Å². The Balaban J connectivity index is 1.52. The largest absolute Gasteiger partial charge is 0.396 e. The van der Waals surface area contributed by atoms with Gasteiger partial charge in [-0.2, -0.15) is 0 Å². The maximum Gasteiger partial charge on any atom is 0.241 e. The average Bonchev–Trinajstić information content (AvgIpc) is 2.68. The summed E-state index contributed by atoms with van der Waals surface area (Å²) in [4.78, 5) is 17.2. The molecule has 0 bridgehead atoms. The second-order valence-electron chi connectivity index (χ2n) is 7.42. The van der Waals surface area contributed by atoms with E-state index in [-0.39, 0.29) is 18.6 Å². The van der Waals surface area contributed by atoms with Gasteiger partial charge < -0.3 is 15.3 Å². The monoisotopic (exact) mass is 345 g/mol. The number of likely N-dealkylation sites (tertiary alicyclic amines) is 1. The van der Waals surface area contributed by atoms with Crippen LogP contribution in [0.3, 0.4) is 0 Å². The molecule has 1 aromatic rings. The zero-order valence-corrected chi connectivity index (χ0v) is 15.3. The Morgan fingerprint density at radius 3 is 2.36 bits per heavy atom. The lowest BCUT2D eigenvalue weighted by Gasteiger charge is -2.34. The number of aliphatic hydroxyl groups excluding tert-OH is 1. The fourth-order valence-electron chi connectivity index (χ4n) is 3.84. The van der Waals surface area contributed by atoms with Crippen molar-refractivity contribution in [3.8, 4) is 0 Å². The summed E-state index contributed by atoms with van der Waals surface area (Å²) in [5.74, 6) is 0.446. The number of carbonyl (C=O) groups is 1. The molecule has 0 saturated carbocycles. The van der Waals surface area contributed by atoms with Crippen LogP contribution in [-0.4, -0.2) is 54.7 Å². The molecule has 1 unspecified atom stereocenters. The molecular weight excluding hydrogens is 314 g/mol. The Morgan fingerprint density at radius 1 is 1.12 bits per heavy atom. The third-order valence-electron chi connectivity index (χ3n) is 5.69. The molecule has 0 aromatic heterocycles. The van der Waals surface area contributed by atoms with Crippen LogP contribution in [0.2, 0.25) is 0 Å². The van der Waals surface area contributed by atoms with Crippen molar-refractivity contribution in [2.45, 2.75) is 45.1 Å². The quantitative estimate of drug-likeness (QED) is 0.861. The fourth-order valence-corrected chi connectivity index (χ4v) is 3.84. The standard InChI is InChI=1S/C20H31N3O2/c1-16(22-13-9-17(15-24)10-14-22)20(25)21-18-5-7-19(8-6-18)23-11-3-2-4-12-23/h5-8,16-17,24H,2-4,9-15H2,1H3,(H,21,25). The normalized spacial score (nSPS) is 21.1. The van der Waals surface area contributed by atoms with Gasteiger partial charge in [0.25, 0.3) is 0 Å². The zero-order valence-electron chi connectivity index (χ0n) is 15.3. The zero-order chi connectivity index (χ0) is 17.6. The van der Waals surface area contributed by atoms with Crippen molar-refractivity contribution >= 4 is 17.3 Å². The minimum absolute atomic E-state index is 0.0492. The molecule has 2 aliphatic heterocycles. The summed E-state index contributed by atoms with van der Waals surface area (Å²) in [7, 11) is 0. The van der Waals surface area contributed by atoms with Crippen LogP contribution in [0, 0.1) is 5.92 Å². The van der Waals surface area contributed by atoms with Gasteiger partial charge in [0.05, 0.1) is 6.04 Å². The highest BCUT2D eigenvalue weighted by Crippen LogP contribution is 2.23.